The van der Waals surface area contributed by atoms with E-state index in [1.807, 2.05) is 6.92 Å². The third-order valence-corrected chi connectivity index (χ3v) is 3.29. The van der Waals surface area contributed by atoms with Crippen LogP contribution in [0.2, 0.25) is 0 Å². The van der Waals surface area contributed by atoms with Crippen LogP contribution < -0.4 is 0 Å². The van der Waals surface area contributed by atoms with Crippen molar-refractivity contribution < 1.29 is 9.52 Å². The van der Waals surface area contributed by atoms with E-state index in [2.05, 4.69) is 6.07 Å². The SMILES string of the molecule is Cc1oc2ccc(O)cc2c1C1(C#N)CC1. The molecule has 0 saturated heterocycles. The fraction of sp³-hybridized carbons (Fsp3) is 0.308. The zero-order chi connectivity index (χ0) is 11.3. The quantitative estimate of drug-likeness (QED) is 0.792. The molecule has 0 spiro atoms. The van der Waals surface area contributed by atoms with Crippen LogP contribution in [-0.4, -0.2) is 5.11 Å². The molecule has 1 aromatic heterocycles. The standard InChI is InChI=1S/C13H11NO2/c1-8-12(13(7-14)4-5-13)10-6-9(15)2-3-11(10)16-8/h2-3,6,15H,4-5H2,1H3. The molecule has 1 aliphatic rings. The van der Waals surface area contributed by atoms with Crippen LogP contribution in [0.3, 0.4) is 0 Å². The lowest BCUT2D eigenvalue weighted by Crippen LogP contribution is -2.02. The monoisotopic (exact) mass is 213 g/mol. The molecule has 1 fully saturated rings. The molecule has 3 nitrogen and oxygen atoms in total. The van der Waals surface area contributed by atoms with Crippen molar-refractivity contribution in [3.8, 4) is 11.8 Å². The molecule has 2 aromatic rings. The Morgan fingerprint density at radius 3 is 2.81 bits per heavy atom. The van der Waals surface area contributed by atoms with E-state index in [9.17, 15) is 10.4 Å². The first kappa shape index (κ1) is 9.29. The number of benzene rings is 1. The number of fused-ring (bicyclic) bond motifs is 1. The molecular formula is C13H11NO2. The molecule has 0 aliphatic heterocycles. The zero-order valence-corrected chi connectivity index (χ0v) is 8.95. The van der Waals surface area contributed by atoms with Gasteiger partial charge in [0.15, 0.2) is 0 Å². The van der Waals surface area contributed by atoms with Gasteiger partial charge in [-0.15, -0.1) is 0 Å². The highest BCUT2D eigenvalue weighted by Crippen LogP contribution is 2.52. The van der Waals surface area contributed by atoms with E-state index < -0.39 is 0 Å². The summed E-state index contributed by atoms with van der Waals surface area (Å²) in [4.78, 5) is 0. The molecular weight excluding hydrogens is 202 g/mol. The Morgan fingerprint density at radius 1 is 1.44 bits per heavy atom. The van der Waals surface area contributed by atoms with E-state index in [1.165, 1.54) is 0 Å². The molecule has 1 aliphatic carbocycles. The predicted molar refractivity (Wildman–Crippen MR) is 59.1 cm³/mol. The van der Waals surface area contributed by atoms with Gasteiger partial charge in [-0.05, 0) is 38.0 Å². The maximum atomic E-state index is 9.50. The van der Waals surface area contributed by atoms with Crippen molar-refractivity contribution in [1.82, 2.24) is 0 Å². The first-order valence-electron chi connectivity index (χ1n) is 5.30. The van der Waals surface area contributed by atoms with E-state index >= 15 is 0 Å². The van der Waals surface area contributed by atoms with E-state index in [0.717, 1.165) is 35.1 Å². The van der Waals surface area contributed by atoms with Gasteiger partial charge >= 0.3 is 0 Å². The molecule has 0 bridgehead atoms. The van der Waals surface area contributed by atoms with Crippen LogP contribution in [0.15, 0.2) is 22.6 Å². The van der Waals surface area contributed by atoms with Crippen molar-refractivity contribution in [2.45, 2.75) is 25.2 Å². The summed E-state index contributed by atoms with van der Waals surface area (Å²) in [7, 11) is 0. The molecule has 1 heterocycles. The summed E-state index contributed by atoms with van der Waals surface area (Å²) < 4.78 is 5.62. The Kier molecular flexibility index (Phi) is 1.62. The van der Waals surface area contributed by atoms with Gasteiger partial charge in [-0.2, -0.15) is 5.26 Å². The topological polar surface area (TPSA) is 57.2 Å². The van der Waals surface area contributed by atoms with Crippen LogP contribution in [0.4, 0.5) is 0 Å². The summed E-state index contributed by atoms with van der Waals surface area (Å²) in [5, 5.41) is 19.6. The molecule has 1 saturated carbocycles. The average Bonchev–Trinajstić information content (AvgIpc) is 2.97. The van der Waals surface area contributed by atoms with E-state index in [-0.39, 0.29) is 11.2 Å². The van der Waals surface area contributed by atoms with Crippen LogP contribution in [0, 0.1) is 18.3 Å². The van der Waals surface area contributed by atoms with Gasteiger partial charge in [-0.25, -0.2) is 0 Å². The van der Waals surface area contributed by atoms with Gasteiger partial charge in [-0.1, -0.05) is 0 Å². The predicted octanol–water partition coefficient (Wildman–Crippen LogP) is 3.00. The molecule has 0 unspecified atom stereocenters. The van der Waals surface area contributed by atoms with Crippen LogP contribution in [-0.2, 0) is 5.41 Å². The van der Waals surface area contributed by atoms with Crippen molar-refractivity contribution in [1.29, 1.82) is 5.26 Å². The Labute approximate surface area is 92.9 Å². The Morgan fingerprint density at radius 2 is 2.19 bits per heavy atom. The fourth-order valence-corrected chi connectivity index (χ4v) is 2.35. The third-order valence-electron chi connectivity index (χ3n) is 3.29. The van der Waals surface area contributed by atoms with Crippen molar-refractivity contribution >= 4 is 11.0 Å². The number of aryl methyl sites for hydroxylation is 1. The largest absolute Gasteiger partial charge is 0.508 e. The van der Waals surface area contributed by atoms with E-state index in [1.54, 1.807) is 18.2 Å². The first-order valence-corrected chi connectivity index (χ1v) is 5.30. The third kappa shape index (κ3) is 1.07. The molecule has 0 amide bonds. The lowest BCUT2D eigenvalue weighted by molar-refractivity contribution is 0.475. The van der Waals surface area contributed by atoms with Gasteiger partial charge in [0.05, 0.1) is 11.5 Å². The van der Waals surface area contributed by atoms with E-state index in [0.29, 0.717) is 0 Å². The second kappa shape index (κ2) is 2.79. The minimum Gasteiger partial charge on any atom is -0.508 e. The van der Waals surface area contributed by atoms with Crippen LogP contribution in [0.1, 0.15) is 24.2 Å². The van der Waals surface area contributed by atoms with Crippen LogP contribution in [0.25, 0.3) is 11.0 Å². The summed E-state index contributed by atoms with van der Waals surface area (Å²) in [5.41, 5.74) is 1.33. The number of hydrogen-bond acceptors (Lipinski definition) is 3. The van der Waals surface area contributed by atoms with Gasteiger partial charge in [-0.3, -0.25) is 0 Å². The molecule has 1 N–H and O–H groups in total. The van der Waals surface area contributed by atoms with Gasteiger partial charge in [0.1, 0.15) is 17.1 Å². The number of aromatic hydroxyl groups is 1. The molecule has 3 rings (SSSR count). The van der Waals surface area contributed by atoms with Crippen molar-refractivity contribution in [2.24, 2.45) is 0 Å². The second-order valence-electron chi connectivity index (χ2n) is 4.41. The molecule has 0 radical (unpaired) electrons. The lowest BCUT2D eigenvalue weighted by atomic mass is 9.94. The Hall–Kier alpha value is -1.95. The molecule has 0 atom stereocenters. The summed E-state index contributed by atoms with van der Waals surface area (Å²) in [6, 6.07) is 7.39. The second-order valence-corrected chi connectivity index (χ2v) is 4.41. The van der Waals surface area contributed by atoms with Crippen molar-refractivity contribution in [2.75, 3.05) is 0 Å². The fourth-order valence-electron chi connectivity index (χ4n) is 2.35. The minimum atomic E-state index is -0.372. The van der Waals surface area contributed by atoms with Crippen molar-refractivity contribution in [3.05, 3.63) is 29.5 Å². The number of furan rings is 1. The molecule has 16 heavy (non-hydrogen) atoms. The Bertz CT molecular complexity index is 615. The minimum absolute atomic E-state index is 0.211. The van der Waals surface area contributed by atoms with Gasteiger partial charge in [0.25, 0.3) is 0 Å². The summed E-state index contributed by atoms with van der Waals surface area (Å²) in [6.07, 6.45) is 1.77. The maximum Gasteiger partial charge on any atom is 0.134 e. The van der Waals surface area contributed by atoms with Crippen LogP contribution in [0.5, 0.6) is 5.75 Å². The number of hydrogen-bond donors (Lipinski definition) is 1. The smallest absolute Gasteiger partial charge is 0.134 e. The summed E-state index contributed by atoms with van der Waals surface area (Å²) in [6.45, 7) is 1.88. The molecule has 80 valence electrons. The Balaban J connectivity index is 2.35. The highest BCUT2D eigenvalue weighted by molar-refractivity contribution is 5.86. The summed E-state index contributed by atoms with van der Waals surface area (Å²) in [5.74, 6) is 1.00. The van der Waals surface area contributed by atoms with Crippen molar-refractivity contribution in [3.63, 3.8) is 0 Å². The average molecular weight is 213 g/mol. The van der Waals surface area contributed by atoms with Gasteiger partial charge in [0, 0.05) is 10.9 Å². The number of nitrogens with zero attached hydrogens (tertiary/aromatic N) is 1. The van der Waals surface area contributed by atoms with E-state index in [4.69, 9.17) is 4.42 Å². The molecule has 3 heteroatoms. The number of nitriles is 1. The van der Waals surface area contributed by atoms with Gasteiger partial charge in [0.2, 0.25) is 0 Å². The number of rotatable bonds is 1. The zero-order valence-electron chi connectivity index (χ0n) is 8.95. The molecule has 1 aromatic carbocycles. The number of phenolic OH excluding ortho intramolecular Hbond substituents is 1. The maximum absolute atomic E-state index is 9.50. The highest BCUT2D eigenvalue weighted by Gasteiger charge is 2.48. The highest BCUT2D eigenvalue weighted by atomic mass is 16.3. The van der Waals surface area contributed by atoms with Crippen LogP contribution >= 0.6 is 0 Å². The first-order chi connectivity index (χ1) is 7.66. The normalized spacial score (nSPS) is 17.2. The van der Waals surface area contributed by atoms with Gasteiger partial charge < -0.3 is 9.52 Å². The lowest BCUT2D eigenvalue weighted by Gasteiger charge is -2.04. The number of phenols is 1. The summed E-state index contributed by atoms with van der Waals surface area (Å²) >= 11 is 0.